The van der Waals surface area contributed by atoms with Crippen molar-refractivity contribution in [1.29, 1.82) is 0 Å². The highest BCUT2D eigenvalue weighted by Crippen LogP contribution is 2.52. The molecule has 0 unspecified atom stereocenters. The van der Waals surface area contributed by atoms with Gasteiger partial charge >= 0.3 is 0 Å². The number of para-hydroxylation sites is 1. The number of thioether (sulfide) groups is 1. The summed E-state index contributed by atoms with van der Waals surface area (Å²) >= 11 is 3.23. The first-order valence-corrected chi connectivity index (χ1v) is 12.8. The molecule has 4 aromatic rings. The van der Waals surface area contributed by atoms with Crippen LogP contribution in [0, 0.1) is 0 Å². The molecule has 6 rings (SSSR count). The second-order valence-corrected chi connectivity index (χ2v) is 9.60. The van der Waals surface area contributed by atoms with Crippen LogP contribution in [0.25, 0.3) is 5.70 Å². The summed E-state index contributed by atoms with van der Waals surface area (Å²) < 4.78 is 19.7. The Morgan fingerprint density at radius 3 is 2.68 bits per heavy atom. The van der Waals surface area contributed by atoms with Crippen LogP contribution in [0.3, 0.4) is 0 Å². The van der Waals surface area contributed by atoms with E-state index in [1.807, 2.05) is 47.3 Å². The molecule has 0 fully saturated rings. The number of ether oxygens (including phenoxy) is 3. The monoisotopic (exact) mass is 490 g/mol. The van der Waals surface area contributed by atoms with E-state index in [4.69, 9.17) is 24.3 Å². The van der Waals surface area contributed by atoms with Crippen LogP contribution in [0.1, 0.15) is 28.1 Å². The molecule has 2 aliphatic rings. The van der Waals surface area contributed by atoms with Gasteiger partial charge < -0.3 is 19.5 Å². The Morgan fingerprint density at radius 2 is 1.91 bits per heavy atom. The number of benzene rings is 2. The van der Waals surface area contributed by atoms with Gasteiger partial charge in [0.15, 0.2) is 11.5 Å². The van der Waals surface area contributed by atoms with Crippen molar-refractivity contribution in [2.45, 2.75) is 17.3 Å². The second kappa shape index (κ2) is 8.41. The van der Waals surface area contributed by atoms with Gasteiger partial charge in [-0.15, -0.1) is 16.4 Å². The van der Waals surface area contributed by atoms with Crippen LogP contribution in [0.5, 0.6) is 17.2 Å². The van der Waals surface area contributed by atoms with Gasteiger partial charge in [-0.1, -0.05) is 36.0 Å². The van der Waals surface area contributed by atoms with E-state index >= 15 is 0 Å². The standard InChI is InChI=1S/C25H22N4O3S2/c1-30-17-11-10-14(13-18(17)31-2)23-20-21(15-7-4-5-8-16(15)32-23)26-24-27-25(33-3)28-29(24)22(20)19-9-6-12-34-19/h4-13,22-23H,1-3H3,(H,26,27,28)/t22-,23+/m1/s1. The smallest absolute Gasteiger partial charge is 0.227 e. The van der Waals surface area contributed by atoms with E-state index < -0.39 is 0 Å². The number of hydrogen-bond acceptors (Lipinski definition) is 8. The van der Waals surface area contributed by atoms with Crippen molar-refractivity contribution in [2.24, 2.45) is 0 Å². The topological polar surface area (TPSA) is 70.4 Å². The van der Waals surface area contributed by atoms with Crippen LogP contribution in [-0.4, -0.2) is 35.2 Å². The molecule has 172 valence electrons. The van der Waals surface area contributed by atoms with Gasteiger partial charge in [0, 0.05) is 21.6 Å². The normalized spacial score (nSPS) is 18.3. The molecule has 0 bridgehead atoms. The van der Waals surface area contributed by atoms with Gasteiger partial charge in [0.2, 0.25) is 11.1 Å². The fourth-order valence-corrected chi connectivity index (χ4v) is 5.73. The lowest BCUT2D eigenvalue weighted by atomic mass is 9.87. The average molecular weight is 491 g/mol. The number of nitrogens with one attached hydrogen (secondary N) is 1. The largest absolute Gasteiger partial charge is 0.493 e. The van der Waals surface area contributed by atoms with E-state index in [-0.39, 0.29) is 12.1 Å². The van der Waals surface area contributed by atoms with Gasteiger partial charge in [-0.05, 0) is 42.0 Å². The van der Waals surface area contributed by atoms with Crippen LogP contribution in [0.4, 0.5) is 5.95 Å². The fourth-order valence-electron chi connectivity index (χ4n) is 4.56. The first kappa shape index (κ1) is 21.1. The summed E-state index contributed by atoms with van der Waals surface area (Å²) in [6.45, 7) is 0. The summed E-state index contributed by atoms with van der Waals surface area (Å²) in [5, 5.41) is 11.2. The number of aromatic nitrogens is 3. The number of methoxy groups -OCH3 is 2. The van der Waals surface area contributed by atoms with E-state index in [1.165, 1.54) is 16.6 Å². The summed E-state index contributed by atoms with van der Waals surface area (Å²) in [5.41, 5.74) is 4.07. The van der Waals surface area contributed by atoms with Crippen LogP contribution in [0.15, 0.2) is 70.7 Å². The van der Waals surface area contributed by atoms with E-state index in [0.29, 0.717) is 11.5 Å². The van der Waals surface area contributed by atoms with Gasteiger partial charge in [0.1, 0.15) is 17.9 Å². The SMILES string of the molecule is COc1ccc([C@@H]2Oc3ccccc3C3=C2[C@@H](c2cccs2)n2nc(SC)nc2N3)cc1OC. The van der Waals surface area contributed by atoms with Crippen molar-refractivity contribution in [1.82, 2.24) is 14.8 Å². The first-order valence-electron chi connectivity index (χ1n) is 10.7. The van der Waals surface area contributed by atoms with E-state index in [9.17, 15) is 0 Å². The van der Waals surface area contributed by atoms with Gasteiger partial charge in [0.05, 0.1) is 19.9 Å². The van der Waals surface area contributed by atoms with Crippen molar-refractivity contribution < 1.29 is 14.2 Å². The fraction of sp³-hybridized carbons (Fsp3) is 0.200. The third-order valence-electron chi connectivity index (χ3n) is 6.07. The number of nitrogens with zero attached hydrogens (tertiary/aromatic N) is 3. The Bertz CT molecular complexity index is 1400. The molecule has 0 amide bonds. The molecule has 2 aromatic heterocycles. The Labute approximate surface area is 205 Å². The van der Waals surface area contributed by atoms with E-state index in [1.54, 1.807) is 25.6 Å². The minimum atomic E-state index is -0.362. The summed E-state index contributed by atoms with van der Waals surface area (Å²) in [5.74, 6) is 2.88. The minimum Gasteiger partial charge on any atom is -0.493 e. The van der Waals surface area contributed by atoms with E-state index in [2.05, 4.69) is 28.9 Å². The molecule has 7 nitrogen and oxygen atoms in total. The lowest BCUT2D eigenvalue weighted by Crippen LogP contribution is -2.32. The Balaban J connectivity index is 1.60. The van der Waals surface area contributed by atoms with Crippen molar-refractivity contribution in [3.05, 3.63) is 81.6 Å². The molecule has 0 saturated heterocycles. The van der Waals surface area contributed by atoms with Crippen molar-refractivity contribution >= 4 is 34.7 Å². The maximum absolute atomic E-state index is 6.68. The van der Waals surface area contributed by atoms with Crippen LogP contribution in [-0.2, 0) is 0 Å². The summed E-state index contributed by atoms with van der Waals surface area (Å²) in [4.78, 5) is 5.91. The highest BCUT2D eigenvalue weighted by molar-refractivity contribution is 7.98. The molecular formula is C25H22N4O3S2. The minimum absolute atomic E-state index is 0.161. The maximum atomic E-state index is 6.68. The Hall–Kier alpha value is -3.43. The zero-order valence-corrected chi connectivity index (χ0v) is 20.4. The predicted molar refractivity (Wildman–Crippen MR) is 134 cm³/mol. The molecule has 0 radical (unpaired) electrons. The number of fused-ring (bicyclic) bond motifs is 3. The molecule has 9 heteroatoms. The molecule has 2 aromatic carbocycles. The molecule has 0 saturated carbocycles. The molecule has 2 aliphatic heterocycles. The molecule has 1 N–H and O–H groups in total. The van der Waals surface area contributed by atoms with E-state index in [0.717, 1.165) is 39.3 Å². The molecule has 2 atom stereocenters. The van der Waals surface area contributed by atoms with Crippen LogP contribution >= 0.6 is 23.1 Å². The Kier molecular flexibility index (Phi) is 5.23. The van der Waals surface area contributed by atoms with Crippen molar-refractivity contribution in [2.75, 3.05) is 25.8 Å². The lowest BCUT2D eigenvalue weighted by molar-refractivity contribution is 0.222. The van der Waals surface area contributed by atoms with Gasteiger partial charge in [0.25, 0.3) is 0 Å². The third kappa shape index (κ3) is 3.26. The van der Waals surface area contributed by atoms with Crippen LogP contribution in [0.2, 0.25) is 0 Å². The maximum Gasteiger partial charge on any atom is 0.227 e. The summed E-state index contributed by atoms with van der Waals surface area (Å²) in [7, 11) is 3.28. The Morgan fingerprint density at radius 1 is 1.06 bits per heavy atom. The summed E-state index contributed by atoms with van der Waals surface area (Å²) in [6.07, 6.45) is 1.62. The highest BCUT2D eigenvalue weighted by Gasteiger charge is 2.42. The average Bonchev–Trinajstić information content (AvgIpc) is 3.56. The number of anilines is 1. The second-order valence-electron chi connectivity index (χ2n) is 7.85. The number of rotatable bonds is 5. The molecule has 4 heterocycles. The molecule has 34 heavy (non-hydrogen) atoms. The lowest BCUT2D eigenvalue weighted by Gasteiger charge is -2.38. The number of thiophene rings is 1. The summed E-state index contributed by atoms with van der Waals surface area (Å²) in [6, 6.07) is 18.1. The highest BCUT2D eigenvalue weighted by atomic mass is 32.2. The predicted octanol–water partition coefficient (Wildman–Crippen LogP) is 5.64. The molecular weight excluding hydrogens is 468 g/mol. The van der Waals surface area contributed by atoms with Gasteiger partial charge in [-0.2, -0.15) is 4.98 Å². The zero-order chi connectivity index (χ0) is 23.2. The van der Waals surface area contributed by atoms with Gasteiger partial charge in [-0.3, -0.25) is 0 Å². The van der Waals surface area contributed by atoms with Crippen molar-refractivity contribution in [3.8, 4) is 17.2 Å². The first-order chi connectivity index (χ1) is 16.7. The number of hydrogen-bond donors (Lipinski definition) is 1. The quantitative estimate of drug-likeness (QED) is 0.363. The molecule has 0 spiro atoms. The van der Waals surface area contributed by atoms with Crippen molar-refractivity contribution in [3.63, 3.8) is 0 Å². The van der Waals surface area contributed by atoms with Gasteiger partial charge in [-0.25, -0.2) is 4.68 Å². The zero-order valence-electron chi connectivity index (χ0n) is 18.8. The third-order valence-corrected chi connectivity index (χ3v) is 7.53. The van der Waals surface area contributed by atoms with Crippen LogP contribution < -0.4 is 19.5 Å². The molecule has 0 aliphatic carbocycles.